The van der Waals surface area contributed by atoms with Crippen molar-refractivity contribution in [1.82, 2.24) is 0 Å². The summed E-state index contributed by atoms with van der Waals surface area (Å²) in [5.74, 6) is 0.370. The second kappa shape index (κ2) is 8.02. The molecule has 2 aliphatic heterocycles. The zero-order valence-electron chi connectivity index (χ0n) is 18.2. The van der Waals surface area contributed by atoms with E-state index in [-0.39, 0.29) is 22.6 Å². The Balaban J connectivity index is 0.000000169. The van der Waals surface area contributed by atoms with Crippen LogP contribution in [0.2, 0.25) is 0 Å². The first kappa shape index (κ1) is 21.1. The van der Waals surface area contributed by atoms with E-state index in [1.165, 1.54) is 11.1 Å². The molecule has 0 saturated heterocycles. The first-order valence-corrected chi connectivity index (χ1v) is 10.4. The van der Waals surface area contributed by atoms with Gasteiger partial charge in [-0.05, 0) is 29.7 Å². The van der Waals surface area contributed by atoms with Crippen molar-refractivity contribution in [2.75, 3.05) is 16.8 Å². The predicted molar refractivity (Wildman–Crippen MR) is 119 cm³/mol. The van der Waals surface area contributed by atoms with Gasteiger partial charge in [-0.3, -0.25) is 9.59 Å². The zero-order chi connectivity index (χ0) is 21.2. The molecule has 0 aromatic heterocycles. The number of carbonyl (C=O) groups excluding carboxylic acids is 2. The van der Waals surface area contributed by atoms with Crippen molar-refractivity contribution in [3.63, 3.8) is 0 Å². The van der Waals surface area contributed by atoms with Crippen LogP contribution in [-0.2, 0) is 20.4 Å². The minimum absolute atomic E-state index is 0.0288. The van der Waals surface area contributed by atoms with Crippen molar-refractivity contribution in [2.45, 2.75) is 64.7 Å². The first-order chi connectivity index (χ1) is 13.7. The van der Waals surface area contributed by atoms with E-state index in [0.717, 1.165) is 24.3 Å². The van der Waals surface area contributed by atoms with E-state index in [1.54, 1.807) is 0 Å². The van der Waals surface area contributed by atoms with Crippen molar-refractivity contribution in [3.05, 3.63) is 59.7 Å². The smallest absolute Gasteiger partial charge is 0.227 e. The molecule has 0 aliphatic carbocycles. The summed E-state index contributed by atoms with van der Waals surface area (Å²) in [5, 5.41) is 2.88. The molecule has 4 rings (SSSR count). The Kier molecular flexibility index (Phi) is 5.83. The highest BCUT2D eigenvalue weighted by molar-refractivity contribution is 5.98. The Hall–Kier alpha value is -2.62. The van der Waals surface area contributed by atoms with Crippen LogP contribution in [0.4, 0.5) is 11.4 Å². The molecule has 154 valence electrons. The van der Waals surface area contributed by atoms with Gasteiger partial charge >= 0.3 is 0 Å². The topological polar surface area (TPSA) is 49.4 Å². The molecule has 0 saturated carbocycles. The van der Waals surface area contributed by atoms with Crippen molar-refractivity contribution in [1.29, 1.82) is 0 Å². The van der Waals surface area contributed by atoms with Gasteiger partial charge < -0.3 is 10.2 Å². The van der Waals surface area contributed by atoms with Crippen LogP contribution in [0.15, 0.2) is 48.5 Å². The summed E-state index contributed by atoms with van der Waals surface area (Å²) in [5.41, 5.74) is 4.53. The number of hydrogen-bond acceptors (Lipinski definition) is 2. The van der Waals surface area contributed by atoms with Crippen molar-refractivity contribution < 1.29 is 9.59 Å². The highest BCUT2D eigenvalue weighted by Crippen LogP contribution is 2.40. The molecule has 0 unspecified atom stereocenters. The van der Waals surface area contributed by atoms with E-state index >= 15 is 0 Å². The Morgan fingerprint density at radius 3 is 2.14 bits per heavy atom. The number of hydrogen-bond donors (Lipinski definition) is 1. The highest BCUT2D eigenvalue weighted by Gasteiger charge is 2.35. The maximum atomic E-state index is 12.1. The third kappa shape index (κ3) is 4.36. The molecule has 4 heteroatoms. The summed E-state index contributed by atoms with van der Waals surface area (Å²) in [6.45, 7) is 11.4. The normalized spacial score (nSPS) is 18.7. The summed E-state index contributed by atoms with van der Waals surface area (Å²) in [7, 11) is 0. The van der Waals surface area contributed by atoms with E-state index in [0.29, 0.717) is 12.8 Å². The number of nitrogens with one attached hydrogen (secondary N) is 1. The number of anilines is 2. The van der Waals surface area contributed by atoms with Gasteiger partial charge in [-0.1, -0.05) is 71.0 Å². The average molecular weight is 393 g/mol. The number of para-hydroxylation sites is 2. The van der Waals surface area contributed by atoms with Gasteiger partial charge in [-0.15, -0.1) is 0 Å². The van der Waals surface area contributed by atoms with E-state index < -0.39 is 0 Å². The van der Waals surface area contributed by atoms with Crippen LogP contribution in [-0.4, -0.2) is 18.4 Å². The van der Waals surface area contributed by atoms with Crippen LogP contribution in [0.25, 0.3) is 0 Å². The average Bonchev–Trinajstić information content (AvgIpc) is 2.65. The van der Waals surface area contributed by atoms with Crippen LogP contribution in [0.1, 0.15) is 65.0 Å². The third-order valence-corrected chi connectivity index (χ3v) is 5.80. The molecular formula is C25H32N2O2. The second-order valence-corrected chi connectivity index (χ2v) is 9.28. The van der Waals surface area contributed by atoms with E-state index in [2.05, 4.69) is 64.2 Å². The maximum Gasteiger partial charge on any atom is 0.227 e. The van der Waals surface area contributed by atoms with Crippen LogP contribution < -0.4 is 10.2 Å². The first-order valence-electron chi connectivity index (χ1n) is 10.4. The Morgan fingerprint density at radius 2 is 1.45 bits per heavy atom. The largest absolute Gasteiger partial charge is 0.326 e. The summed E-state index contributed by atoms with van der Waals surface area (Å²) >= 11 is 0. The molecule has 0 fully saturated rings. The number of benzene rings is 2. The Morgan fingerprint density at radius 1 is 0.862 bits per heavy atom. The Bertz CT molecular complexity index is 915. The molecular weight excluding hydrogens is 360 g/mol. The molecule has 29 heavy (non-hydrogen) atoms. The summed E-state index contributed by atoms with van der Waals surface area (Å²) in [6, 6.07) is 16.3. The summed E-state index contributed by atoms with van der Waals surface area (Å²) in [6.07, 6.45) is 2.19. The van der Waals surface area contributed by atoms with E-state index in [1.807, 2.05) is 29.2 Å². The van der Waals surface area contributed by atoms with Gasteiger partial charge in [0.25, 0.3) is 0 Å². The van der Waals surface area contributed by atoms with Crippen LogP contribution in [0, 0.1) is 0 Å². The monoisotopic (exact) mass is 392 g/mol. The molecule has 0 spiro atoms. The van der Waals surface area contributed by atoms with Gasteiger partial charge in [0.05, 0.1) is 0 Å². The number of nitrogens with zero attached hydrogens (tertiary/aromatic N) is 1. The van der Waals surface area contributed by atoms with Crippen molar-refractivity contribution in [2.24, 2.45) is 0 Å². The van der Waals surface area contributed by atoms with Crippen LogP contribution in [0.3, 0.4) is 0 Å². The molecule has 2 aromatic rings. The Labute approximate surface area is 174 Å². The summed E-state index contributed by atoms with van der Waals surface area (Å²) in [4.78, 5) is 25.3. The van der Waals surface area contributed by atoms with Crippen LogP contribution >= 0.6 is 0 Å². The number of amides is 2. The van der Waals surface area contributed by atoms with Gasteiger partial charge in [-0.2, -0.15) is 0 Å². The summed E-state index contributed by atoms with van der Waals surface area (Å²) < 4.78 is 0. The molecule has 2 aliphatic rings. The molecule has 4 nitrogen and oxygen atoms in total. The fraction of sp³-hybridized carbons (Fsp3) is 0.440. The minimum Gasteiger partial charge on any atom is -0.326 e. The van der Waals surface area contributed by atoms with Gasteiger partial charge in [0.1, 0.15) is 0 Å². The fourth-order valence-corrected chi connectivity index (χ4v) is 4.33. The molecule has 0 radical (unpaired) electrons. The lowest BCUT2D eigenvalue weighted by Gasteiger charge is -2.38. The number of carbonyl (C=O) groups is 2. The van der Waals surface area contributed by atoms with Crippen molar-refractivity contribution >= 4 is 23.2 Å². The lowest BCUT2D eigenvalue weighted by atomic mass is 9.77. The van der Waals surface area contributed by atoms with Gasteiger partial charge in [-0.25, -0.2) is 0 Å². The molecule has 2 amide bonds. The van der Waals surface area contributed by atoms with Gasteiger partial charge in [0.15, 0.2) is 0 Å². The number of fused-ring (bicyclic) bond motifs is 2. The van der Waals surface area contributed by atoms with Crippen LogP contribution in [0.5, 0.6) is 0 Å². The quantitative estimate of drug-likeness (QED) is 0.742. The minimum atomic E-state index is -0.0298. The van der Waals surface area contributed by atoms with Crippen molar-refractivity contribution in [3.8, 4) is 0 Å². The molecule has 1 N–H and O–H groups in total. The molecule has 2 aromatic carbocycles. The standard InChI is InChI=1S/C14H19NO.C11H13NO/c1-4-9-15-12-8-6-5-7-11(12)14(2,3)10-13(15)16;1-11(2)7-10(13)12-9-6-4-3-5-8(9)11/h5-8H,4,9-10H2,1-3H3;3-6H,7H2,1-2H3,(H,12,13). The molecule has 0 bridgehead atoms. The highest BCUT2D eigenvalue weighted by atomic mass is 16.2. The second-order valence-electron chi connectivity index (χ2n) is 9.28. The molecule has 2 heterocycles. The SMILES string of the molecule is CC1(C)CC(=O)Nc2ccccc21.CCCN1C(=O)CC(C)(C)c2ccccc21. The fourth-order valence-electron chi connectivity index (χ4n) is 4.33. The predicted octanol–water partition coefficient (Wildman–Crippen LogP) is 5.42. The molecule has 0 atom stereocenters. The maximum absolute atomic E-state index is 12.1. The third-order valence-electron chi connectivity index (χ3n) is 5.80. The van der Waals surface area contributed by atoms with E-state index in [9.17, 15) is 9.59 Å². The zero-order valence-corrected chi connectivity index (χ0v) is 18.2. The van der Waals surface area contributed by atoms with E-state index in [4.69, 9.17) is 0 Å². The van der Waals surface area contributed by atoms with Gasteiger partial charge in [0.2, 0.25) is 11.8 Å². The number of rotatable bonds is 2. The lowest BCUT2D eigenvalue weighted by Crippen LogP contribution is -2.42. The lowest BCUT2D eigenvalue weighted by molar-refractivity contribution is -0.120. The van der Waals surface area contributed by atoms with Gasteiger partial charge in [0, 0.05) is 41.6 Å².